The summed E-state index contributed by atoms with van der Waals surface area (Å²) in [6.45, 7) is 0.281. The van der Waals surface area contributed by atoms with Gasteiger partial charge in [-0.1, -0.05) is 70.4 Å². The second-order valence-electron chi connectivity index (χ2n) is 10.8. The maximum absolute atomic E-state index is 13.9. The summed E-state index contributed by atoms with van der Waals surface area (Å²) in [5, 5.41) is 0. The van der Waals surface area contributed by atoms with Gasteiger partial charge < -0.3 is 4.74 Å². The second-order valence-corrected chi connectivity index (χ2v) is 10.8. The lowest BCUT2D eigenvalue weighted by Crippen LogP contribution is -2.73. The lowest BCUT2D eigenvalue weighted by molar-refractivity contribution is -0.447. The van der Waals surface area contributed by atoms with E-state index in [0.29, 0.717) is 12.8 Å². The quantitative estimate of drug-likeness (QED) is 0.0408. The van der Waals surface area contributed by atoms with Gasteiger partial charge in [0.1, 0.15) is 0 Å². The van der Waals surface area contributed by atoms with Crippen molar-refractivity contribution in [3.63, 3.8) is 0 Å². The minimum Gasteiger partial charge on any atom is -0.465 e. The van der Waals surface area contributed by atoms with Gasteiger partial charge in [-0.2, -0.15) is 61.5 Å². The van der Waals surface area contributed by atoms with Crippen LogP contribution in [0, 0.1) is 0 Å². The van der Waals surface area contributed by atoms with Crippen LogP contribution in [0.3, 0.4) is 0 Å². The van der Waals surface area contributed by atoms with E-state index >= 15 is 0 Å². The summed E-state index contributed by atoms with van der Waals surface area (Å²) < 4.78 is 218. The van der Waals surface area contributed by atoms with Crippen molar-refractivity contribution in [1.82, 2.24) is 0 Å². The van der Waals surface area contributed by atoms with Gasteiger partial charge >= 0.3 is 53.9 Å². The highest BCUT2D eigenvalue weighted by Gasteiger charge is 2.93. The van der Waals surface area contributed by atoms with Gasteiger partial charge in [0, 0.05) is 6.42 Å². The first-order valence-corrected chi connectivity index (χ1v) is 14.6. The van der Waals surface area contributed by atoms with Crippen LogP contribution >= 0.6 is 0 Å². The van der Waals surface area contributed by atoms with Gasteiger partial charge in [0.15, 0.2) is 0 Å². The number of esters is 1. The molecule has 274 valence electrons. The summed E-state index contributed by atoms with van der Waals surface area (Å²) in [6, 6.07) is 0. The third-order valence-electron chi connectivity index (χ3n) is 7.05. The number of halogens is 16. The van der Waals surface area contributed by atoms with Gasteiger partial charge in [-0.25, -0.2) is 8.78 Å². The maximum atomic E-state index is 13.9. The molecule has 0 spiro atoms. The molecule has 2 nitrogen and oxygen atoms in total. The smallest absolute Gasteiger partial charge is 0.384 e. The van der Waals surface area contributed by atoms with E-state index in [1.807, 2.05) is 6.08 Å². The Morgan fingerprint density at radius 1 is 0.565 bits per heavy atom. The number of alkyl halides is 16. The molecular formula is C28H38F16O2. The number of carbonyl (C=O) groups is 1. The molecule has 0 aliphatic carbocycles. The molecule has 0 amide bonds. The van der Waals surface area contributed by atoms with Gasteiger partial charge in [-0.05, 0) is 32.1 Å². The molecule has 0 aromatic heterocycles. The van der Waals surface area contributed by atoms with Crippen molar-refractivity contribution >= 4 is 5.97 Å². The zero-order valence-corrected chi connectivity index (χ0v) is 24.9. The van der Waals surface area contributed by atoms with Crippen LogP contribution in [0.4, 0.5) is 70.2 Å². The summed E-state index contributed by atoms with van der Waals surface area (Å²) in [5.41, 5.74) is 0. The van der Waals surface area contributed by atoms with Crippen molar-refractivity contribution in [3.8, 4) is 0 Å². The molecule has 46 heavy (non-hydrogen) atoms. The highest BCUT2D eigenvalue weighted by molar-refractivity contribution is 5.69. The first kappa shape index (κ1) is 44.1. The first-order valence-electron chi connectivity index (χ1n) is 14.6. The van der Waals surface area contributed by atoms with Crippen LogP contribution in [-0.4, -0.2) is 60.5 Å². The monoisotopic (exact) mass is 710 g/mol. The lowest BCUT2D eigenvalue weighted by Gasteiger charge is -2.42. The van der Waals surface area contributed by atoms with Crippen LogP contribution in [0.5, 0.6) is 0 Å². The van der Waals surface area contributed by atoms with Crippen LogP contribution in [0.15, 0.2) is 12.2 Å². The van der Waals surface area contributed by atoms with Crippen molar-refractivity contribution in [2.24, 2.45) is 0 Å². The molecule has 18 heteroatoms. The Morgan fingerprint density at radius 2 is 0.957 bits per heavy atom. The van der Waals surface area contributed by atoms with E-state index in [0.717, 1.165) is 32.1 Å². The highest BCUT2D eigenvalue weighted by atomic mass is 19.4. The summed E-state index contributed by atoms with van der Waals surface area (Å²) >= 11 is 0. The van der Waals surface area contributed by atoms with Crippen LogP contribution < -0.4 is 0 Å². The first-order chi connectivity index (χ1) is 20.9. The molecule has 0 aliphatic rings. The highest BCUT2D eigenvalue weighted by Crippen LogP contribution is 2.63. The fourth-order valence-electron chi connectivity index (χ4n) is 4.03. The molecule has 0 unspecified atom stereocenters. The fourth-order valence-corrected chi connectivity index (χ4v) is 4.03. The van der Waals surface area contributed by atoms with Gasteiger partial charge in [-0.3, -0.25) is 4.79 Å². The van der Waals surface area contributed by atoms with Crippen molar-refractivity contribution in [2.75, 3.05) is 6.61 Å². The number of ether oxygens (including phenoxy) is 1. The normalized spacial score (nSPS) is 14.5. The number of hydrogen-bond acceptors (Lipinski definition) is 2. The summed E-state index contributed by atoms with van der Waals surface area (Å²) in [5.74, 6) is -56.1. The Labute approximate surface area is 256 Å². The van der Waals surface area contributed by atoms with Crippen LogP contribution in [-0.2, 0) is 9.53 Å². The summed E-state index contributed by atoms with van der Waals surface area (Å²) in [6.07, 6.45) is 6.77. The van der Waals surface area contributed by atoms with Gasteiger partial charge in [0.05, 0.1) is 13.0 Å². The Morgan fingerprint density at radius 3 is 1.41 bits per heavy atom. The van der Waals surface area contributed by atoms with Gasteiger partial charge in [0.25, 0.3) is 0 Å². The van der Waals surface area contributed by atoms with E-state index in [2.05, 4.69) is 17.7 Å². The zero-order valence-electron chi connectivity index (χ0n) is 24.9. The van der Waals surface area contributed by atoms with E-state index in [1.54, 1.807) is 0 Å². The van der Waals surface area contributed by atoms with E-state index < -0.39 is 73.3 Å². The third-order valence-corrected chi connectivity index (χ3v) is 7.05. The van der Waals surface area contributed by atoms with Crippen molar-refractivity contribution < 1.29 is 79.8 Å². The topological polar surface area (TPSA) is 26.3 Å². The zero-order chi connectivity index (χ0) is 36.1. The van der Waals surface area contributed by atoms with Crippen molar-refractivity contribution in [3.05, 3.63) is 12.2 Å². The lowest BCUT2D eigenvalue weighted by atomic mass is 9.88. The third kappa shape index (κ3) is 10.5. The molecule has 0 fully saturated rings. The Hall–Kier alpha value is -1.91. The van der Waals surface area contributed by atoms with E-state index in [-0.39, 0.29) is 6.42 Å². The molecule has 0 N–H and O–H groups in total. The molecule has 0 rings (SSSR count). The maximum Gasteiger partial charge on any atom is 0.384 e. The largest absolute Gasteiger partial charge is 0.465 e. The summed E-state index contributed by atoms with van der Waals surface area (Å²) in [7, 11) is 0. The Kier molecular flexibility index (Phi) is 17.3. The Bertz CT molecular complexity index is 919. The molecule has 0 aromatic rings. The molecule has 0 radical (unpaired) electrons. The predicted molar refractivity (Wildman–Crippen MR) is 136 cm³/mol. The summed E-state index contributed by atoms with van der Waals surface area (Å²) in [4.78, 5) is 11.6. The van der Waals surface area contributed by atoms with Crippen LogP contribution in [0.1, 0.15) is 103 Å². The standard InChI is InChI=1S/C28H38F16O2/c1-2-3-4-5-6-7-8-9-10-11-12-13-14-15-16-17-20(45)46-19-18-22(31,32)24(35,36)26(39,40)28(43,44)27(41,42)25(37,38)23(33,34)21(29)30/h9-10,21H,2-8,11-19H2,1H3/b10-9-. The number of hydrogen-bond donors (Lipinski definition) is 0. The molecule has 0 heterocycles. The average Bonchev–Trinajstić information content (AvgIpc) is 2.94. The minimum absolute atomic E-state index is 0.121. The molecule has 0 aliphatic heterocycles. The van der Waals surface area contributed by atoms with Crippen molar-refractivity contribution in [1.29, 1.82) is 0 Å². The van der Waals surface area contributed by atoms with Gasteiger partial charge in [-0.15, -0.1) is 0 Å². The van der Waals surface area contributed by atoms with E-state index in [4.69, 9.17) is 0 Å². The Balaban J connectivity index is 4.80. The average molecular weight is 711 g/mol. The van der Waals surface area contributed by atoms with E-state index in [9.17, 15) is 75.0 Å². The molecule has 0 bridgehead atoms. The molecular weight excluding hydrogens is 672 g/mol. The number of unbranched alkanes of at least 4 members (excludes halogenated alkanes) is 11. The van der Waals surface area contributed by atoms with Crippen LogP contribution in [0.2, 0.25) is 0 Å². The number of rotatable bonds is 25. The molecule has 0 saturated carbocycles. The SMILES string of the molecule is CCCCCCCC/C=C\CCCCCCCC(=O)OCCC(F)(F)C(F)(F)C(F)(F)C(F)(F)C(F)(F)C(F)(F)C(F)(F)C(F)F. The molecule has 0 saturated heterocycles. The van der Waals surface area contributed by atoms with Crippen molar-refractivity contribution in [2.45, 2.75) is 151 Å². The predicted octanol–water partition coefficient (Wildman–Crippen LogP) is 11.7. The number of allylic oxidation sites excluding steroid dienone is 2. The molecule has 0 aromatic carbocycles. The van der Waals surface area contributed by atoms with E-state index in [1.165, 1.54) is 32.1 Å². The second kappa shape index (κ2) is 18.0. The minimum atomic E-state index is -8.44. The van der Waals surface area contributed by atoms with Gasteiger partial charge in [0.2, 0.25) is 0 Å². The van der Waals surface area contributed by atoms with Crippen LogP contribution in [0.25, 0.3) is 0 Å². The molecule has 0 atom stereocenters. The number of carbonyl (C=O) groups excluding carboxylic acids is 1. The fraction of sp³-hybridized carbons (Fsp3) is 0.893.